The maximum Gasteiger partial charge on any atom is 0.0678 e. The molecule has 0 radical (unpaired) electrons. The van der Waals surface area contributed by atoms with Gasteiger partial charge in [-0.05, 0) is 32.4 Å². The molecule has 1 aliphatic heterocycles. The summed E-state index contributed by atoms with van der Waals surface area (Å²) in [6.07, 6.45) is 1.79. The molecule has 1 N–H and O–H groups in total. The van der Waals surface area contributed by atoms with Crippen LogP contribution in [0.1, 0.15) is 45.7 Å². The van der Waals surface area contributed by atoms with Crippen molar-refractivity contribution in [1.82, 2.24) is 10.2 Å². The van der Waals surface area contributed by atoms with Gasteiger partial charge in [0.15, 0.2) is 0 Å². The van der Waals surface area contributed by atoms with Crippen molar-refractivity contribution in [3.05, 3.63) is 35.9 Å². The minimum absolute atomic E-state index is 0.320. The number of likely N-dealkylation sites (N-methyl/N-ethyl adjacent to an activating group) is 1. The molecule has 1 saturated heterocycles. The predicted octanol–water partition coefficient (Wildman–Crippen LogP) is 3.23. The second-order valence-corrected chi connectivity index (χ2v) is 6.13. The zero-order chi connectivity index (χ0) is 15.2. The van der Waals surface area contributed by atoms with Gasteiger partial charge < -0.3 is 10.1 Å². The third-order valence-corrected chi connectivity index (χ3v) is 4.30. The Morgan fingerprint density at radius 2 is 1.76 bits per heavy atom. The summed E-state index contributed by atoms with van der Waals surface area (Å²) in [6.45, 7) is 11.9. The molecule has 0 saturated carbocycles. The van der Waals surface area contributed by atoms with E-state index in [1.165, 1.54) is 5.56 Å². The Labute approximate surface area is 129 Å². The van der Waals surface area contributed by atoms with Crippen molar-refractivity contribution in [3.63, 3.8) is 0 Å². The largest absolute Gasteiger partial charge is 0.373 e. The van der Waals surface area contributed by atoms with Crippen LogP contribution in [0.2, 0.25) is 0 Å². The molecule has 4 atom stereocenters. The van der Waals surface area contributed by atoms with Crippen molar-refractivity contribution in [1.29, 1.82) is 0 Å². The summed E-state index contributed by atoms with van der Waals surface area (Å²) in [6, 6.07) is 11.7. The molecule has 118 valence electrons. The van der Waals surface area contributed by atoms with Crippen LogP contribution in [-0.4, -0.2) is 42.8 Å². The molecule has 2 rings (SSSR count). The maximum absolute atomic E-state index is 5.89. The summed E-state index contributed by atoms with van der Waals surface area (Å²) >= 11 is 0. The topological polar surface area (TPSA) is 24.5 Å². The van der Waals surface area contributed by atoms with E-state index < -0.39 is 0 Å². The first-order valence-electron chi connectivity index (χ1n) is 8.33. The van der Waals surface area contributed by atoms with Gasteiger partial charge in [-0.25, -0.2) is 0 Å². The van der Waals surface area contributed by atoms with Gasteiger partial charge in [0.05, 0.1) is 12.2 Å². The Balaban J connectivity index is 2.19. The van der Waals surface area contributed by atoms with Gasteiger partial charge in [-0.2, -0.15) is 0 Å². The summed E-state index contributed by atoms with van der Waals surface area (Å²) in [5, 5.41) is 3.69. The highest BCUT2D eigenvalue weighted by Gasteiger charge is 2.32. The molecule has 21 heavy (non-hydrogen) atoms. The Bertz CT molecular complexity index is 399. The molecule has 1 aromatic carbocycles. The Hall–Kier alpha value is -0.900. The molecule has 3 nitrogen and oxygen atoms in total. The summed E-state index contributed by atoms with van der Waals surface area (Å²) in [5.41, 5.74) is 1.39. The van der Waals surface area contributed by atoms with E-state index in [4.69, 9.17) is 4.74 Å². The number of ether oxygens (including phenoxy) is 1. The average molecular weight is 290 g/mol. The Kier molecular flexibility index (Phi) is 6.22. The standard InChI is InChI=1S/C18H30N2O/c1-5-17(20-12-14(3)21-15(4)13-20)18(19-6-2)16-10-8-7-9-11-16/h7-11,14-15,17-19H,5-6,12-13H2,1-4H3. The third kappa shape index (κ3) is 4.29. The van der Waals surface area contributed by atoms with Crippen LogP contribution in [0, 0.1) is 0 Å². The minimum atomic E-state index is 0.320. The van der Waals surface area contributed by atoms with Crippen molar-refractivity contribution in [2.24, 2.45) is 0 Å². The minimum Gasteiger partial charge on any atom is -0.373 e. The van der Waals surface area contributed by atoms with E-state index in [2.05, 4.69) is 68.2 Å². The summed E-state index contributed by atoms with van der Waals surface area (Å²) < 4.78 is 5.89. The van der Waals surface area contributed by atoms with Gasteiger partial charge in [0.25, 0.3) is 0 Å². The van der Waals surface area contributed by atoms with Crippen LogP contribution >= 0.6 is 0 Å². The highest BCUT2D eigenvalue weighted by molar-refractivity contribution is 5.21. The molecule has 0 spiro atoms. The second-order valence-electron chi connectivity index (χ2n) is 6.13. The second kappa shape index (κ2) is 7.92. The number of nitrogens with zero attached hydrogens (tertiary/aromatic N) is 1. The highest BCUT2D eigenvalue weighted by atomic mass is 16.5. The molecule has 1 aromatic rings. The summed E-state index contributed by atoms with van der Waals surface area (Å²) in [5.74, 6) is 0. The smallest absolute Gasteiger partial charge is 0.0678 e. The molecule has 0 aliphatic carbocycles. The quantitative estimate of drug-likeness (QED) is 0.870. The van der Waals surface area contributed by atoms with Gasteiger partial charge in [0.2, 0.25) is 0 Å². The van der Waals surface area contributed by atoms with Gasteiger partial charge in [-0.1, -0.05) is 44.2 Å². The number of hydrogen-bond acceptors (Lipinski definition) is 3. The fourth-order valence-corrected chi connectivity index (χ4v) is 3.55. The molecular weight excluding hydrogens is 260 g/mol. The zero-order valence-corrected chi connectivity index (χ0v) is 13.9. The normalized spacial score (nSPS) is 26.5. The van der Waals surface area contributed by atoms with E-state index >= 15 is 0 Å². The van der Waals surface area contributed by atoms with Crippen LogP contribution in [0.15, 0.2) is 30.3 Å². The number of morpholine rings is 1. The van der Waals surface area contributed by atoms with Crippen LogP contribution in [-0.2, 0) is 4.74 Å². The number of hydrogen-bond donors (Lipinski definition) is 1. The van der Waals surface area contributed by atoms with Crippen LogP contribution in [0.3, 0.4) is 0 Å². The van der Waals surface area contributed by atoms with Gasteiger partial charge in [0, 0.05) is 25.2 Å². The summed E-state index contributed by atoms with van der Waals surface area (Å²) in [7, 11) is 0. The van der Waals surface area contributed by atoms with E-state index in [1.54, 1.807) is 0 Å². The van der Waals surface area contributed by atoms with E-state index in [-0.39, 0.29) is 0 Å². The molecule has 4 unspecified atom stereocenters. The molecule has 1 fully saturated rings. The fraction of sp³-hybridized carbons (Fsp3) is 0.667. The fourth-order valence-electron chi connectivity index (χ4n) is 3.55. The lowest BCUT2D eigenvalue weighted by atomic mass is 9.94. The number of nitrogens with one attached hydrogen (secondary N) is 1. The highest BCUT2D eigenvalue weighted by Crippen LogP contribution is 2.26. The van der Waals surface area contributed by atoms with Crippen LogP contribution < -0.4 is 5.32 Å². The first kappa shape index (κ1) is 16.5. The van der Waals surface area contributed by atoms with Crippen LogP contribution in [0.4, 0.5) is 0 Å². The monoisotopic (exact) mass is 290 g/mol. The molecule has 1 aliphatic rings. The number of rotatable bonds is 6. The lowest BCUT2D eigenvalue weighted by molar-refractivity contribution is -0.0849. The maximum atomic E-state index is 5.89. The average Bonchev–Trinajstić information content (AvgIpc) is 2.47. The SMILES string of the molecule is CCNC(c1ccccc1)C(CC)N1CC(C)OC(C)C1. The van der Waals surface area contributed by atoms with Crippen LogP contribution in [0.25, 0.3) is 0 Å². The predicted molar refractivity (Wildman–Crippen MR) is 88.5 cm³/mol. The zero-order valence-electron chi connectivity index (χ0n) is 13.9. The Morgan fingerprint density at radius 3 is 2.29 bits per heavy atom. The van der Waals surface area contributed by atoms with Gasteiger partial charge in [0.1, 0.15) is 0 Å². The van der Waals surface area contributed by atoms with Gasteiger partial charge in [-0.15, -0.1) is 0 Å². The first-order chi connectivity index (χ1) is 10.2. The molecule has 0 aromatic heterocycles. The molecule has 3 heteroatoms. The van der Waals surface area contributed by atoms with E-state index in [0.29, 0.717) is 24.3 Å². The Morgan fingerprint density at radius 1 is 1.14 bits per heavy atom. The molecule has 0 amide bonds. The van der Waals surface area contributed by atoms with Crippen molar-refractivity contribution < 1.29 is 4.74 Å². The van der Waals surface area contributed by atoms with Gasteiger partial charge >= 0.3 is 0 Å². The van der Waals surface area contributed by atoms with E-state index in [1.807, 2.05) is 0 Å². The van der Waals surface area contributed by atoms with E-state index in [9.17, 15) is 0 Å². The van der Waals surface area contributed by atoms with Crippen LogP contribution in [0.5, 0.6) is 0 Å². The first-order valence-corrected chi connectivity index (χ1v) is 8.33. The van der Waals surface area contributed by atoms with Gasteiger partial charge in [-0.3, -0.25) is 4.90 Å². The van der Waals surface area contributed by atoms with Crippen molar-refractivity contribution >= 4 is 0 Å². The summed E-state index contributed by atoms with van der Waals surface area (Å²) in [4.78, 5) is 2.61. The van der Waals surface area contributed by atoms with E-state index in [0.717, 1.165) is 26.1 Å². The van der Waals surface area contributed by atoms with Crippen molar-refractivity contribution in [2.75, 3.05) is 19.6 Å². The van der Waals surface area contributed by atoms with Crippen molar-refractivity contribution in [2.45, 2.75) is 58.4 Å². The lowest BCUT2D eigenvalue weighted by Gasteiger charge is -2.43. The number of benzene rings is 1. The van der Waals surface area contributed by atoms with Crippen molar-refractivity contribution in [3.8, 4) is 0 Å². The molecular formula is C18H30N2O. The lowest BCUT2D eigenvalue weighted by Crippen LogP contribution is -2.53. The third-order valence-electron chi connectivity index (χ3n) is 4.30. The molecule has 0 bridgehead atoms. The molecule has 1 heterocycles.